The Morgan fingerprint density at radius 3 is 2.59 bits per heavy atom. The number of para-hydroxylation sites is 2. The van der Waals surface area contributed by atoms with Crippen LogP contribution in [0.5, 0.6) is 17.2 Å². The molecular weight excluding hydrogens is 448 g/mol. The molecule has 3 aromatic rings. The van der Waals surface area contributed by atoms with Gasteiger partial charge in [0.1, 0.15) is 5.75 Å². The van der Waals surface area contributed by atoms with Crippen LogP contribution in [0.25, 0.3) is 0 Å². The van der Waals surface area contributed by atoms with Crippen molar-refractivity contribution in [2.45, 2.75) is 44.8 Å². The fourth-order valence-corrected chi connectivity index (χ4v) is 4.43. The zero-order chi connectivity index (χ0) is 23.9. The van der Waals surface area contributed by atoms with E-state index in [4.69, 9.17) is 21.1 Å². The molecule has 3 aromatic carbocycles. The first-order valence-electron chi connectivity index (χ1n) is 11.7. The van der Waals surface area contributed by atoms with Crippen LogP contribution in [0.2, 0.25) is 5.02 Å². The van der Waals surface area contributed by atoms with Gasteiger partial charge in [-0.15, -0.1) is 0 Å². The third-order valence-corrected chi connectivity index (χ3v) is 6.52. The van der Waals surface area contributed by atoms with Crippen molar-refractivity contribution in [1.82, 2.24) is 10.2 Å². The molecule has 178 valence electrons. The minimum absolute atomic E-state index is 0.00907. The van der Waals surface area contributed by atoms with Crippen LogP contribution in [0.1, 0.15) is 43.2 Å². The van der Waals surface area contributed by atoms with Gasteiger partial charge in [-0.25, -0.2) is 0 Å². The Labute approximate surface area is 206 Å². The highest BCUT2D eigenvalue weighted by Gasteiger charge is 2.26. The number of carbonyl (C=O) groups is 1. The van der Waals surface area contributed by atoms with E-state index in [1.54, 1.807) is 7.11 Å². The van der Waals surface area contributed by atoms with Gasteiger partial charge in [-0.1, -0.05) is 48.0 Å². The number of ether oxygens (including phenoxy) is 2. The van der Waals surface area contributed by atoms with Crippen molar-refractivity contribution in [2.75, 3.05) is 13.7 Å². The molecule has 1 aliphatic heterocycles. The second-order valence-corrected chi connectivity index (χ2v) is 9.10. The predicted molar refractivity (Wildman–Crippen MR) is 136 cm³/mol. The Morgan fingerprint density at radius 1 is 1.06 bits per heavy atom. The summed E-state index contributed by atoms with van der Waals surface area (Å²) in [6, 6.07) is 23.2. The summed E-state index contributed by atoms with van der Waals surface area (Å²) in [6.45, 7) is 3.62. The second kappa shape index (κ2) is 11.4. The van der Waals surface area contributed by atoms with Gasteiger partial charge in [0, 0.05) is 18.1 Å². The molecule has 0 saturated carbocycles. The van der Waals surface area contributed by atoms with Crippen molar-refractivity contribution in [3.63, 3.8) is 0 Å². The van der Waals surface area contributed by atoms with E-state index >= 15 is 0 Å². The molecule has 0 radical (unpaired) electrons. The SMILES string of the molecule is COc1ccccc1Oc1cccc(CN2CCCCC2NC(=O)C(C)c2ccc(Cl)cc2)c1. The first-order chi connectivity index (χ1) is 16.5. The molecule has 34 heavy (non-hydrogen) atoms. The molecule has 0 spiro atoms. The molecule has 2 unspecified atom stereocenters. The standard InChI is InChI=1S/C28H31ClN2O3/c1-20(22-13-15-23(29)16-14-22)28(32)30-27-12-5-6-17-31(27)19-21-8-7-9-24(18-21)34-26-11-4-3-10-25(26)33-2/h3-4,7-11,13-16,18,20,27H,5-6,12,17,19H2,1-2H3,(H,30,32). The Bertz CT molecular complexity index is 1100. The van der Waals surface area contributed by atoms with E-state index in [1.165, 1.54) is 0 Å². The first-order valence-corrected chi connectivity index (χ1v) is 12.1. The number of carbonyl (C=O) groups excluding carboxylic acids is 1. The number of hydrogen-bond acceptors (Lipinski definition) is 4. The number of nitrogens with zero attached hydrogens (tertiary/aromatic N) is 1. The maximum atomic E-state index is 13.0. The van der Waals surface area contributed by atoms with Gasteiger partial charge in [0.05, 0.1) is 19.2 Å². The number of benzene rings is 3. The average molecular weight is 479 g/mol. The maximum Gasteiger partial charge on any atom is 0.228 e. The van der Waals surface area contributed by atoms with Gasteiger partial charge in [-0.3, -0.25) is 9.69 Å². The van der Waals surface area contributed by atoms with Crippen LogP contribution < -0.4 is 14.8 Å². The Balaban J connectivity index is 1.42. The van der Waals surface area contributed by atoms with Gasteiger partial charge in [0.15, 0.2) is 11.5 Å². The lowest BCUT2D eigenvalue weighted by atomic mass is 9.99. The number of likely N-dealkylation sites (tertiary alicyclic amines) is 1. The Morgan fingerprint density at radius 2 is 1.82 bits per heavy atom. The Hall–Kier alpha value is -3.02. The molecule has 1 fully saturated rings. The number of rotatable bonds is 8. The highest BCUT2D eigenvalue weighted by atomic mass is 35.5. The Kier molecular flexibility index (Phi) is 8.09. The van der Waals surface area contributed by atoms with Gasteiger partial charge in [0.25, 0.3) is 0 Å². The van der Waals surface area contributed by atoms with Crippen LogP contribution in [0.4, 0.5) is 0 Å². The number of nitrogens with one attached hydrogen (secondary N) is 1. The summed E-state index contributed by atoms with van der Waals surface area (Å²) in [7, 11) is 1.64. The summed E-state index contributed by atoms with van der Waals surface area (Å²) in [5.74, 6) is 1.94. The summed E-state index contributed by atoms with van der Waals surface area (Å²) in [5.41, 5.74) is 2.10. The largest absolute Gasteiger partial charge is 0.493 e. The van der Waals surface area contributed by atoms with E-state index in [0.717, 1.165) is 49.2 Å². The monoisotopic (exact) mass is 478 g/mol. The fourth-order valence-electron chi connectivity index (χ4n) is 4.31. The molecule has 0 bridgehead atoms. The molecule has 4 rings (SSSR count). The summed E-state index contributed by atoms with van der Waals surface area (Å²) in [5, 5.41) is 3.95. The van der Waals surface area contributed by atoms with Gasteiger partial charge in [0.2, 0.25) is 5.91 Å². The normalized spacial score (nSPS) is 17.1. The van der Waals surface area contributed by atoms with E-state index in [0.29, 0.717) is 16.5 Å². The zero-order valence-corrected chi connectivity index (χ0v) is 20.4. The molecule has 0 aliphatic carbocycles. The molecule has 0 aromatic heterocycles. The molecule has 1 heterocycles. The van der Waals surface area contributed by atoms with E-state index in [2.05, 4.69) is 22.3 Å². The van der Waals surface area contributed by atoms with E-state index in [1.807, 2.05) is 67.6 Å². The third kappa shape index (κ3) is 6.10. The summed E-state index contributed by atoms with van der Waals surface area (Å²) in [6.07, 6.45) is 3.18. The highest BCUT2D eigenvalue weighted by molar-refractivity contribution is 6.30. The van der Waals surface area contributed by atoms with Crippen LogP contribution in [0.15, 0.2) is 72.8 Å². The summed E-state index contributed by atoms with van der Waals surface area (Å²) >= 11 is 6.00. The summed E-state index contributed by atoms with van der Waals surface area (Å²) in [4.78, 5) is 15.4. The lowest BCUT2D eigenvalue weighted by Crippen LogP contribution is -2.51. The molecule has 1 aliphatic rings. The van der Waals surface area contributed by atoms with E-state index < -0.39 is 0 Å². The minimum atomic E-state index is -0.237. The van der Waals surface area contributed by atoms with E-state index in [9.17, 15) is 4.79 Å². The second-order valence-electron chi connectivity index (χ2n) is 8.66. The van der Waals surface area contributed by atoms with Crippen LogP contribution in [-0.2, 0) is 11.3 Å². The van der Waals surface area contributed by atoms with Gasteiger partial charge >= 0.3 is 0 Å². The van der Waals surface area contributed by atoms with Crippen LogP contribution in [-0.4, -0.2) is 30.6 Å². The van der Waals surface area contributed by atoms with Crippen molar-refractivity contribution < 1.29 is 14.3 Å². The van der Waals surface area contributed by atoms with Crippen molar-refractivity contribution in [3.05, 3.63) is 88.9 Å². The van der Waals surface area contributed by atoms with Crippen molar-refractivity contribution in [1.29, 1.82) is 0 Å². The van der Waals surface area contributed by atoms with Crippen LogP contribution in [0.3, 0.4) is 0 Å². The molecule has 1 amide bonds. The fraction of sp³-hybridized carbons (Fsp3) is 0.321. The van der Waals surface area contributed by atoms with Gasteiger partial charge in [-0.2, -0.15) is 0 Å². The van der Waals surface area contributed by atoms with E-state index in [-0.39, 0.29) is 18.0 Å². The average Bonchev–Trinajstić information content (AvgIpc) is 2.86. The molecule has 5 nitrogen and oxygen atoms in total. The highest BCUT2D eigenvalue weighted by Crippen LogP contribution is 2.31. The van der Waals surface area contributed by atoms with Crippen molar-refractivity contribution >= 4 is 17.5 Å². The number of methoxy groups -OCH3 is 1. The topological polar surface area (TPSA) is 50.8 Å². The molecule has 1 N–H and O–H groups in total. The summed E-state index contributed by atoms with van der Waals surface area (Å²) < 4.78 is 11.5. The smallest absolute Gasteiger partial charge is 0.228 e. The molecule has 2 atom stereocenters. The third-order valence-electron chi connectivity index (χ3n) is 6.27. The van der Waals surface area contributed by atoms with Crippen LogP contribution in [0, 0.1) is 0 Å². The minimum Gasteiger partial charge on any atom is -0.493 e. The van der Waals surface area contributed by atoms with Gasteiger partial charge < -0.3 is 14.8 Å². The van der Waals surface area contributed by atoms with Crippen LogP contribution >= 0.6 is 11.6 Å². The number of halogens is 1. The zero-order valence-electron chi connectivity index (χ0n) is 19.7. The number of hydrogen-bond donors (Lipinski definition) is 1. The predicted octanol–water partition coefficient (Wildman–Crippen LogP) is 6.37. The number of amides is 1. The lowest BCUT2D eigenvalue weighted by Gasteiger charge is -2.36. The van der Waals surface area contributed by atoms with Crippen molar-refractivity contribution in [3.8, 4) is 17.2 Å². The van der Waals surface area contributed by atoms with Gasteiger partial charge in [-0.05, 0) is 73.7 Å². The molecular formula is C28H31ClN2O3. The maximum absolute atomic E-state index is 13.0. The number of piperidine rings is 1. The first kappa shape index (κ1) is 24.1. The molecule has 6 heteroatoms. The lowest BCUT2D eigenvalue weighted by molar-refractivity contribution is -0.124. The molecule has 1 saturated heterocycles. The quantitative estimate of drug-likeness (QED) is 0.408. The van der Waals surface area contributed by atoms with Crippen molar-refractivity contribution in [2.24, 2.45) is 0 Å².